The molecule has 22 heteroatoms. The van der Waals surface area contributed by atoms with E-state index >= 15 is 8.90 Å². The van der Waals surface area contributed by atoms with Crippen molar-refractivity contribution >= 4 is 49.1 Å². The first kappa shape index (κ1) is 48.7. The number of anilines is 3. The highest BCUT2D eigenvalue weighted by atomic mass is 28.4. The van der Waals surface area contributed by atoms with Crippen LogP contribution in [0.5, 0.6) is 0 Å². The monoisotopic (exact) mass is 954 g/mol. The van der Waals surface area contributed by atoms with Crippen LogP contribution >= 0.6 is 0 Å². The molecule has 5 aliphatic heterocycles. The minimum atomic E-state index is -3.85. The van der Waals surface area contributed by atoms with Gasteiger partial charge in [0, 0.05) is 34.9 Å². The Bertz CT molecular complexity index is 2390. The first-order valence-electron chi connectivity index (χ1n) is 21.9. The molecule has 0 aliphatic carbocycles. The molecule has 0 radical (unpaired) electrons. The standard InChI is InChI=1S/C45H55FN4O16Si/c1-20-39(67(2,3)46)29(16-30(52)49-18-23-9-5-4-8-22(23)14-26(49)19-51)66-45(20)27-15-25(48-41(60)38-34(56)32(54)36(58)43(62)65-38)11-12-28(27)50(44(45)63)17-21-7-6-10-24(13-21)47-40(59)37-33(55)31(53)35(57)42(61)64-37/h4-13,15,20,26,29,31-39,42-43,51,53-58,61-62H,14,16-19H2,1-3H3,(H,47,59)(H,48,60)/t20-,26+,29+,31+,32+,33+,34+,35-,36-,37+,38+,39-,42-,43-,45+/m1/s1. The number of amides is 4. The molecule has 3 saturated heterocycles. The van der Waals surface area contributed by atoms with Crippen LogP contribution in [0.3, 0.4) is 0 Å². The Hall–Kier alpha value is -4.79. The number of fused-ring (bicyclic) bond motifs is 3. The van der Waals surface area contributed by atoms with Gasteiger partial charge in [0.15, 0.2) is 30.4 Å². The zero-order chi connectivity index (χ0) is 48.4. The third kappa shape index (κ3) is 8.79. The zero-order valence-electron chi connectivity index (χ0n) is 36.6. The van der Waals surface area contributed by atoms with Crippen LogP contribution in [0.25, 0.3) is 0 Å². The molecule has 11 N–H and O–H groups in total. The minimum absolute atomic E-state index is 0.0321. The second kappa shape index (κ2) is 18.6. The van der Waals surface area contributed by atoms with Gasteiger partial charge in [-0.2, -0.15) is 0 Å². The van der Waals surface area contributed by atoms with Crippen molar-refractivity contribution in [2.24, 2.45) is 5.92 Å². The maximum atomic E-state index is 16.9. The largest absolute Gasteiger partial charge is 0.394 e. The van der Waals surface area contributed by atoms with E-state index in [1.54, 1.807) is 24.0 Å². The summed E-state index contributed by atoms with van der Waals surface area (Å²) in [6, 6.07) is 17.5. The molecule has 3 aromatic rings. The number of hydrogen-bond donors (Lipinski definition) is 11. The summed E-state index contributed by atoms with van der Waals surface area (Å²) in [4.78, 5) is 59.3. The fourth-order valence-electron chi connectivity index (χ4n) is 10.3. The Balaban J connectivity index is 1.12. The van der Waals surface area contributed by atoms with Gasteiger partial charge in [-0.15, -0.1) is 0 Å². The van der Waals surface area contributed by atoms with E-state index in [1.165, 1.54) is 48.3 Å². The second-order valence-corrected chi connectivity index (χ2v) is 22.2. The highest BCUT2D eigenvalue weighted by molar-refractivity contribution is 6.72. The highest BCUT2D eigenvalue weighted by Gasteiger charge is 2.67. The lowest BCUT2D eigenvalue weighted by molar-refractivity contribution is -0.274. The molecular weight excluding hydrogens is 900 g/mol. The highest BCUT2D eigenvalue weighted by Crippen LogP contribution is 2.61. The topological polar surface area (TPSA) is 309 Å². The van der Waals surface area contributed by atoms with Crippen LogP contribution in [0.1, 0.15) is 35.6 Å². The molecule has 0 unspecified atom stereocenters. The van der Waals surface area contributed by atoms with E-state index in [1.807, 2.05) is 24.3 Å². The Morgan fingerprint density at radius 1 is 0.776 bits per heavy atom. The summed E-state index contributed by atoms with van der Waals surface area (Å²) in [6.07, 6.45) is -20.1. The number of halogens is 1. The second-order valence-electron chi connectivity index (χ2n) is 18.4. The molecule has 3 aromatic carbocycles. The molecule has 0 saturated carbocycles. The Labute approximate surface area is 384 Å². The first-order valence-corrected chi connectivity index (χ1v) is 24.9. The quantitative estimate of drug-likeness (QED) is 0.0842. The molecule has 67 heavy (non-hydrogen) atoms. The summed E-state index contributed by atoms with van der Waals surface area (Å²) >= 11 is 0. The molecule has 15 atom stereocenters. The predicted octanol–water partition coefficient (Wildman–Crippen LogP) is -1.18. The molecule has 362 valence electrons. The van der Waals surface area contributed by atoms with Gasteiger partial charge < -0.3 is 84.7 Å². The summed E-state index contributed by atoms with van der Waals surface area (Å²) in [5, 5.41) is 96.8. The Morgan fingerprint density at radius 3 is 1.94 bits per heavy atom. The maximum absolute atomic E-state index is 16.9. The van der Waals surface area contributed by atoms with E-state index in [0.29, 0.717) is 12.0 Å². The van der Waals surface area contributed by atoms with Crippen molar-refractivity contribution in [1.82, 2.24) is 4.90 Å². The predicted molar refractivity (Wildman–Crippen MR) is 233 cm³/mol. The third-order valence-corrected chi connectivity index (χ3v) is 16.2. The molecule has 5 heterocycles. The van der Waals surface area contributed by atoms with Crippen LogP contribution < -0.4 is 15.5 Å². The van der Waals surface area contributed by atoms with Gasteiger partial charge in [0.05, 0.1) is 37.4 Å². The van der Waals surface area contributed by atoms with Crippen LogP contribution in [0, 0.1) is 5.92 Å². The van der Waals surface area contributed by atoms with Crippen LogP contribution in [-0.4, -0.2) is 163 Å². The molecule has 20 nitrogen and oxygen atoms in total. The lowest BCUT2D eigenvalue weighted by Crippen LogP contribution is -2.60. The number of ether oxygens (including phenoxy) is 3. The van der Waals surface area contributed by atoms with Gasteiger partial charge in [-0.1, -0.05) is 43.3 Å². The molecule has 3 fully saturated rings. The van der Waals surface area contributed by atoms with Crippen molar-refractivity contribution in [3.05, 3.63) is 89.0 Å². The van der Waals surface area contributed by atoms with Crippen molar-refractivity contribution in [2.45, 2.75) is 131 Å². The van der Waals surface area contributed by atoms with Crippen molar-refractivity contribution in [1.29, 1.82) is 0 Å². The molecular formula is C45H55FN4O16Si. The summed E-state index contributed by atoms with van der Waals surface area (Å²) in [5.74, 6) is -3.98. The molecule has 5 aliphatic rings. The van der Waals surface area contributed by atoms with E-state index in [9.17, 15) is 60.3 Å². The van der Waals surface area contributed by atoms with Gasteiger partial charge in [-0.25, -0.2) is 0 Å². The average molecular weight is 955 g/mol. The fraction of sp³-hybridized carbons (Fsp3) is 0.511. The van der Waals surface area contributed by atoms with Crippen LogP contribution in [0.15, 0.2) is 66.7 Å². The van der Waals surface area contributed by atoms with E-state index in [2.05, 4.69) is 10.6 Å². The van der Waals surface area contributed by atoms with Crippen LogP contribution in [-0.2, 0) is 58.5 Å². The van der Waals surface area contributed by atoms with Gasteiger partial charge in [-0.3, -0.25) is 19.2 Å². The summed E-state index contributed by atoms with van der Waals surface area (Å²) in [5.41, 5.74) is 0.0431. The summed E-state index contributed by atoms with van der Waals surface area (Å²) < 4.78 is 33.9. The number of rotatable bonds is 10. The maximum Gasteiger partial charge on any atom is 0.264 e. The number of benzene rings is 3. The van der Waals surface area contributed by atoms with Gasteiger partial charge in [0.1, 0.15) is 36.6 Å². The van der Waals surface area contributed by atoms with Gasteiger partial charge in [0.25, 0.3) is 17.7 Å². The molecule has 0 bridgehead atoms. The SMILES string of the molecule is C[C@@H]1[C@@H]([Si](C)(C)F)[C@H](CC(=O)N2Cc3ccccc3C[C@H]2CO)O[C@@]12C(=O)N(Cc1cccc(NC(=O)[C@H]3O[C@@H](O)[C@H](O)[C@@H](O)[C@@H]3O)c1)c1ccc(NC(=O)[C@H]3O[C@@H](O)[C@H](O)[C@@H](O)[C@@H]3O)cc12. The van der Waals surface area contributed by atoms with Crippen molar-refractivity contribution in [2.75, 3.05) is 22.1 Å². The minimum Gasteiger partial charge on any atom is -0.394 e. The number of carbonyl (C=O) groups is 4. The van der Waals surface area contributed by atoms with Crippen molar-refractivity contribution in [3.63, 3.8) is 0 Å². The summed E-state index contributed by atoms with van der Waals surface area (Å²) in [7, 11) is -3.85. The molecule has 4 amide bonds. The zero-order valence-corrected chi connectivity index (χ0v) is 37.6. The molecule has 1 spiro atoms. The summed E-state index contributed by atoms with van der Waals surface area (Å²) in [6.45, 7) is 4.28. The van der Waals surface area contributed by atoms with Crippen LogP contribution in [0.4, 0.5) is 21.2 Å². The van der Waals surface area contributed by atoms with E-state index in [4.69, 9.17) is 14.2 Å². The number of carbonyl (C=O) groups excluding carboxylic acids is 4. The Morgan fingerprint density at radius 2 is 1.36 bits per heavy atom. The lowest BCUT2D eigenvalue weighted by Gasteiger charge is -2.37. The normalized spacial score (nSPS) is 35.0. The fourth-order valence-corrected chi connectivity index (χ4v) is 12.8. The number of nitrogens with one attached hydrogen (secondary N) is 2. The van der Waals surface area contributed by atoms with Gasteiger partial charge >= 0.3 is 0 Å². The number of aliphatic hydroxyl groups excluding tert-OH is 9. The van der Waals surface area contributed by atoms with E-state index < -0.39 is 123 Å². The average Bonchev–Trinajstić information content (AvgIpc) is 3.71. The smallest absolute Gasteiger partial charge is 0.264 e. The third-order valence-electron chi connectivity index (χ3n) is 13.7. The molecule has 0 aromatic heterocycles. The molecule has 8 rings (SSSR count). The van der Waals surface area contributed by atoms with Crippen molar-refractivity contribution < 1.29 is 83.5 Å². The lowest BCUT2D eigenvalue weighted by atomic mass is 9.82. The first-order chi connectivity index (χ1) is 31.7. The van der Waals surface area contributed by atoms with Gasteiger partial charge in [-0.05, 0) is 66.5 Å². The number of nitrogens with zero attached hydrogens (tertiary/aromatic N) is 2. The number of aliphatic hydroxyl groups is 9. The van der Waals surface area contributed by atoms with Crippen LogP contribution in [0.2, 0.25) is 18.6 Å². The number of hydrogen-bond acceptors (Lipinski definition) is 16. The van der Waals surface area contributed by atoms with Crippen molar-refractivity contribution in [3.8, 4) is 0 Å². The van der Waals surface area contributed by atoms with E-state index in [-0.39, 0.29) is 48.7 Å². The van der Waals surface area contributed by atoms with Gasteiger partial charge in [0.2, 0.25) is 14.3 Å². The Kier molecular flexibility index (Phi) is 13.5. The van der Waals surface area contributed by atoms with E-state index in [0.717, 1.165) is 11.1 Å².